The van der Waals surface area contributed by atoms with Gasteiger partial charge in [-0.3, -0.25) is 14.9 Å². The van der Waals surface area contributed by atoms with E-state index >= 15 is 0 Å². The highest BCUT2D eigenvalue weighted by Gasteiger charge is 2.13. The molecule has 0 amide bonds. The van der Waals surface area contributed by atoms with Gasteiger partial charge in [0.1, 0.15) is 0 Å². The van der Waals surface area contributed by atoms with Crippen LogP contribution >= 0.6 is 0 Å². The number of methoxy groups -OCH3 is 2. The fourth-order valence-electron chi connectivity index (χ4n) is 2.58. The van der Waals surface area contributed by atoms with Gasteiger partial charge in [-0.05, 0) is 35.2 Å². The minimum absolute atomic E-state index is 0.0133. The van der Waals surface area contributed by atoms with Crippen molar-refractivity contribution in [1.29, 1.82) is 0 Å². The second kappa shape index (κ2) is 6.04. The quantitative estimate of drug-likeness (QED) is 0.587. The smallest absolute Gasteiger partial charge is 0.269 e. The molecule has 3 aromatic rings. The van der Waals surface area contributed by atoms with Gasteiger partial charge in [-0.1, -0.05) is 0 Å². The first kappa shape index (κ1) is 15.5. The van der Waals surface area contributed by atoms with Gasteiger partial charge in [0.05, 0.1) is 24.8 Å². The molecule has 2 aromatic carbocycles. The van der Waals surface area contributed by atoms with Crippen molar-refractivity contribution < 1.29 is 14.4 Å². The highest BCUT2D eigenvalue weighted by atomic mass is 16.6. The van der Waals surface area contributed by atoms with Gasteiger partial charge >= 0.3 is 0 Å². The Bertz CT molecular complexity index is 977. The number of benzene rings is 2. The van der Waals surface area contributed by atoms with Crippen molar-refractivity contribution in [2.24, 2.45) is 0 Å². The number of nitro groups is 1. The average molecular weight is 326 g/mol. The molecule has 0 spiro atoms. The van der Waals surface area contributed by atoms with Gasteiger partial charge in [-0.25, -0.2) is 0 Å². The Morgan fingerprint density at radius 3 is 2.21 bits per heavy atom. The molecule has 0 fully saturated rings. The van der Waals surface area contributed by atoms with Crippen molar-refractivity contribution in [2.45, 2.75) is 0 Å². The van der Waals surface area contributed by atoms with Gasteiger partial charge in [0.15, 0.2) is 11.5 Å². The monoisotopic (exact) mass is 326 g/mol. The van der Waals surface area contributed by atoms with Gasteiger partial charge in [0.2, 0.25) is 5.56 Å². The minimum Gasteiger partial charge on any atom is -0.493 e. The number of hydrogen-bond acceptors (Lipinski definition) is 5. The van der Waals surface area contributed by atoms with E-state index in [2.05, 4.69) is 4.98 Å². The summed E-state index contributed by atoms with van der Waals surface area (Å²) >= 11 is 0. The predicted octanol–water partition coefficient (Wildman–Crippen LogP) is 3.12. The molecule has 7 nitrogen and oxygen atoms in total. The molecule has 0 bridgehead atoms. The second-order valence-electron chi connectivity index (χ2n) is 5.11. The number of nitrogens with one attached hydrogen (secondary N) is 1. The first-order valence-corrected chi connectivity index (χ1v) is 7.07. The van der Waals surface area contributed by atoms with Crippen LogP contribution in [0.3, 0.4) is 0 Å². The Morgan fingerprint density at radius 2 is 1.62 bits per heavy atom. The summed E-state index contributed by atoms with van der Waals surface area (Å²) in [6.45, 7) is 0. The van der Waals surface area contributed by atoms with E-state index in [4.69, 9.17) is 9.47 Å². The third-order valence-corrected chi connectivity index (χ3v) is 3.73. The largest absolute Gasteiger partial charge is 0.493 e. The van der Waals surface area contributed by atoms with E-state index in [0.717, 1.165) is 5.39 Å². The standard InChI is InChI=1S/C17H14N2O5/c1-23-14-7-11-8-16(20)18-17(13(11)9-15(14)24-2)10-3-5-12(6-4-10)19(21)22/h3-9H,1-2H3,(H,18,20). The van der Waals surface area contributed by atoms with Crippen molar-refractivity contribution in [3.63, 3.8) is 0 Å². The van der Waals surface area contributed by atoms with Crippen molar-refractivity contribution >= 4 is 16.5 Å². The third kappa shape index (κ3) is 2.67. The van der Waals surface area contributed by atoms with Crippen LogP contribution in [0, 0.1) is 10.1 Å². The zero-order valence-corrected chi connectivity index (χ0v) is 13.0. The maximum atomic E-state index is 12.0. The van der Waals surface area contributed by atoms with E-state index in [1.807, 2.05) is 0 Å². The first-order chi connectivity index (χ1) is 11.5. The van der Waals surface area contributed by atoms with Crippen molar-refractivity contribution in [1.82, 2.24) is 4.98 Å². The molecule has 122 valence electrons. The van der Waals surface area contributed by atoms with Crippen molar-refractivity contribution in [2.75, 3.05) is 14.2 Å². The molecule has 1 aromatic heterocycles. The molecule has 0 atom stereocenters. The summed E-state index contributed by atoms with van der Waals surface area (Å²) in [6, 6.07) is 10.9. The lowest BCUT2D eigenvalue weighted by molar-refractivity contribution is -0.384. The fraction of sp³-hybridized carbons (Fsp3) is 0.118. The van der Waals surface area contributed by atoms with E-state index in [1.165, 1.54) is 32.4 Å². The molecule has 24 heavy (non-hydrogen) atoms. The predicted molar refractivity (Wildman–Crippen MR) is 89.8 cm³/mol. The van der Waals surface area contributed by atoms with E-state index in [1.54, 1.807) is 24.3 Å². The third-order valence-electron chi connectivity index (χ3n) is 3.73. The molecule has 0 radical (unpaired) electrons. The zero-order chi connectivity index (χ0) is 17.3. The summed E-state index contributed by atoms with van der Waals surface area (Å²) in [4.78, 5) is 25.1. The number of aromatic amines is 1. The topological polar surface area (TPSA) is 94.5 Å². The molecule has 0 unspecified atom stereocenters. The lowest BCUT2D eigenvalue weighted by atomic mass is 10.0. The summed E-state index contributed by atoms with van der Waals surface area (Å²) in [5.74, 6) is 1.05. The molecule has 0 aliphatic heterocycles. The molecule has 3 rings (SSSR count). The summed E-state index contributed by atoms with van der Waals surface area (Å²) in [6.07, 6.45) is 0. The van der Waals surface area contributed by atoms with Gasteiger partial charge in [0.25, 0.3) is 5.69 Å². The minimum atomic E-state index is -0.469. The van der Waals surface area contributed by atoms with Crippen LogP contribution in [0.15, 0.2) is 47.3 Å². The van der Waals surface area contributed by atoms with Gasteiger partial charge in [0, 0.05) is 23.6 Å². The Kier molecular flexibility index (Phi) is 3.91. The van der Waals surface area contributed by atoms with Crippen LogP contribution in [0.2, 0.25) is 0 Å². The van der Waals surface area contributed by atoms with Crippen molar-refractivity contribution in [3.8, 4) is 22.8 Å². The molecule has 0 aliphatic rings. The lowest BCUT2D eigenvalue weighted by Crippen LogP contribution is -2.06. The number of aromatic nitrogens is 1. The van der Waals surface area contributed by atoms with Crippen LogP contribution in [0.25, 0.3) is 22.0 Å². The Hall–Kier alpha value is -3.35. The summed E-state index contributed by atoms with van der Waals surface area (Å²) in [5, 5.41) is 12.2. The molecule has 0 saturated heterocycles. The SMILES string of the molecule is COc1cc2cc(=O)[nH]c(-c3ccc([N+](=O)[O-])cc3)c2cc1OC. The highest BCUT2D eigenvalue weighted by Crippen LogP contribution is 2.35. The summed E-state index contributed by atoms with van der Waals surface area (Å²) < 4.78 is 10.6. The zero-order valence-electron chi connectivity index (χ0n) is 13.0. The second-order valence-corrected chi connectivity index (χ2v) is 5.11. The lowest BCUT2D eigenvalue weighted by Gasteiger charge is -2.12. The number of rotatable bonds is 4. The van der Waals surface area contributed by atoms with Crippen LogP contribution in [0.5, 0.6) is 11.5 Å². The number of H-pyrrole nitrogens is 1. The molecule has 1 heterocycles. The van der Waals surface area contributed by atoms with E-state index in [-0.39, 0.29) is 11.2 Å². The maximum Gasteiger partial charge on any atom is 0.269 e. The highest BCUT2D eigenvalue weighted by molar-refractivity contribution is 5.96. The molecular weight excluding hydrogens is 312 g/mol. The number of non-ortho nitro benzene ring substituents is 1. The molecule has 7 heteroatoms. The van der Waals surface area contributed by atoms with Crippen LogP contribution in [0.1, 0.15) is 0 Å². The number of fused-ring (bicyclic) bond motifs is 1. The molecule has 0 aliphatic carbocycles. The Morgan fingerprint density at radius 1 is 1.00 bits per heavy atom. The van der Waals surface area contributed by atoms with E-state index in [0.29, 0.717) is 28.1 Å². The normalized spacial score (nSPS) is 10.6. The van der Waals surface area contributed by atoms with Crippen molar-refractivity contribution in [3.05, 3.63) is 62.9 Å². The van der Waals surface area contributed by atoms with Crippen LogP contribution in [0.4, 0.5) is 5.69 Å². The number of nitrogens with zero attached hydrogens (tertiary/aromatic N) is 1. The molecular formula is C17H14N2O5. The van der Waals surface area contributed by atoms with Crippen LogP contribution < -0.4 is 15.0 Å². The van der Waals surface area contributed by atoms with Gasteiger partial charge < -0.3 is 14.5 Å². The fourth-order valence-corrected chi connectivity index (χ4v) is 2.58. The molecule has 0 saturated carbocycles. The summed E-state index contributed by atoms with van der Waals surface area (Å²) in [7, 11) is 3.05. The number of hydrogen-bond donors (Lipinski definition) is 1. The van der Waals surface area contributed by atoms with Crippen LogP contribution in [-0.4, -0.2) is 24.1 Å². The van der Waals surface area contributed by atoms with Gasteiger partial charge in [-0.15, -0.1) is 0 Å². The number of pyridine rings is 1. The Balaban J connectivity index is 2.26. The van der Waals surface area contributed by atoms with E-state index in [9.17, 15) is 14.9 Å². The first-order valence-electron chi connectivity index (χ1n) is 7.07. The van der Waals surface area contributed by atoms with Gasteiger partial charge in [-0.2, -0.15) is 0 Å². The summed E-state index contributed by atoms with van der Waals surface area (Å²) in [5.41, 5.74) is 0.938. The van der Waals surface area contributed by atoms with Crippen LogP contribution in [-0.2, 0) is 0 Å². The maximum absolute atomic E-state index is 12.0. The molecule has 1 N–H and O–H groups in total. The average Bonchev–Trinajstić information content (AvgIpc) is 2.59. The number of ether oxygens (including phenoxy) is 2. The number of nitro benzene ring substituents is 1. The Labute approximate surface area is 136 Å². The van der Waals surface area contributed by atoms with E-state index < -0.39 is 4.92 Å².